The molecule has 1 heterocycles. The molecule has 0 saturated heterocycles. The number of rotatable bonds is 7. The first-order valence-corrected chi connectivity index (χ1v) is 6.99. The van der Waals surface area contributed by atoms with Gasteiger partial charge >= 0.3 is 0 Å². The van der Waals surface area contributed by atoms with Gasteiger partial charge in [0.15, 0.2) is 0 Å². The molecular weight excluding hydrogens is 264 g/mol. The Balaban J connectivity index is 2.56. The Bertz CT molecular complexity index is 422. The van der Waals surface area contributed by atoms with Gasteiger partial charge in [-0.2, -0.15) is 0 Å². The average Bonchev–Trinajstić information content (AvgIpc) is 2.37. The molecule has 0 aromatic carbocycles. The van der Waals surface area contributed by atoms with E-state index in [-0.39, 0.29) is 18.4 Å². The molecule has 0 aliphatic heterocycles. The van der Waals surface area contributed by atoms with E-state index < -0.39 is 0 Å². The monoisotopic (exact) mass is 284 g/mol. The SMILES string of the molecule is CC(C)c1cc(C(=O)NCCCCCO)cc(Cl)n1. The first-order chi connectivity index (χ1) is 9.04. The number of aliphatic hydroxyl groups excluding tert-OH is 1. The molecule has 1 aromatic heterocycles. The maximum atomic E-state index is 12.0. The highest BCUT2D eigenvalue weighted by atomic mass is 35.5. The second-order valence-corrected chi connectivity index (χ2v) is 5.19. The number of unbranched alkanes of at least 4 members (excludes halogenated alkanes) is 2. The van der Waals surface area contributed by atoms with Crippen LogP contribution in [0.25, 0.3) is 0 Å². The molecule has 1 aromatic rings. The number of hydrogen-bond donors (Lipinski definition) is 2. The van der Waals surface area contributed by atoms with E-state index >= 15 is 0 Å². The maximum Gasteiger partial charge on any atom is 0.251 e. The van der Waals surface area contributed by atoms with Crippen molar-refractivity contribution in [3.63, 3.8) is 0 Å². The lowest BCUT2D eigenvalue weighted by Crippen LogP contribution is -2.24. The highest BCUT2D eigenvalue weighted by molar-refractivity contribution is 6.29. The van der Waals surface area contributed by atoms with Crippen molar-refractivity contribution in [3.8, 4) is 0 Å². The van der Waals surface area contributed by atoms with Crippen LogP contribution in [-0.4, -0.2) is 29.1 Å². The normalized spacial score (nSPS) is 10.8. The number of aromatic nitrogens is 1. The highest BCUT2D eigenvalue weighted by Crippen LogP contribution is 2.17. The van der Waals surface area contributed by atoms with Gasteiger partial charge in [-0.3, -0.25) is 4.79 Å². The Morgan fingerprint density at radius 1 is 1.37 bits per heavy atom. The Morgan fingerprint density at radius 2 is 2.11 bits per heavy atom. The molecule has 0 unspecified atom stereocenters. The minimum absolute atomic E-state index is 0.129. The van der Waals surface area contributed by atoms with Crippen LogP contribution in [0.2, 0.25) is 5.15 Å². The van der Waals surface area contributed by atoms with Crippen molar-refractivity contribution in [1.82, 2.24) is 10.3 Å². The molecule has 4 nitrogen and oxygen atoms in total. The average molecular weight is 285 g/mol. The lowest BCUT2D eigenvalue weighted by atomic mass is 10.1. The topological polar surface area (TPSA) is 62.2 Å². The van der Waals surface area contributed by atoms with Gasteiger partial charge in [-0.05, 0) is 37.3 Å². The quantitative estimate of drug-likeness (QED) is 0.598. The van der Waals surface area contributed by atoms with Gasteiger partial charge in [0.2, 0.25) is 0 Å². The molecule has 0 aliphatic rings. The number of amides is 1. The summed E-state index contributed by atoms with van der Waals surface area (Å²) in [6.45, 7) is 4.83. The van der Waals surface area contributed by atoms with Crippen molar-refractivity contribution in [2.24, 2.45) is 0 Å². The number of hydrogen-bond acceptors (Lipinski definition) is 3. The summed E-state index contributed by atoms with van der Waals surface area (Å²) < 4.78 is 0. The summed E-state index contributed by atoms with van der Waals surface area (Å²) in [6.07, 6.45) is 2.54. The molecular formula is C14H21ClN2O2. The Morgan fingerprint density at radius 3 is 2.74 bits per heavy atom. The highest BCUT2D eigenvalue weighted by Gasteiger charge is 2.10. The molecule has 0 fully saturated rings. The zero-order valence-electron chi connectivity index (χ0n) is 11.4. The molecule has 0 atom stereocenters. The van der Waals surface area contributed by atoms with Crippen LogP contribution in [0, 0.1) is 0 Å². The van der Waals surface area contributed by atoms with E-state index in [1.165, 1.54) is 0 Å². The third-order valence-electron chi connectivity index (χ3n) is 2.79. The standard InChI is InChI=1S/C14H21ClN2O2/c1-10(2)12-8-11(9-13(15)17-12)14(19)16-6-4-3-5-7-18/h8-10,18H,3-7H2,1-2H3,(H,16,19). The Kier molecular flexibility index (Phi) is 6.81. The summed E-state index contributed by atoms with van der Waals surface area (Å²) in [5.41, 5.74) is 1.36. The van der Waals surface area contributed by atoms with E-state index in [1.54, 1.807) is 12.1 Å². The molecule has 0 radical (unpaired) electrons. The third kappa shape index (κ3) is 5.57. The van der Waals surface area contributed by atoms with Crippen LogP contribution in [0.5, 0.6) is 0 Å². The Labute approximate surface area is 119 Å². The van der Waals surface area contributed by atoms with Crippen molar-refractivity contribution < 1.29 is 9.90 Å². The number of pyridine rings is 1. The van der Waals surface area contributed by atoms with E-state index in [2.05, 4.69) is 10.3 Å². The smallest absolute Gasteiger partial charge is 0.251 e. The van der Waals surface area contributed by atoms with Gasteiger partial charge in [0, 0.05) is 24.4 Å². The zero-order chi connectivity index (χ0) is 14.3. The van der Waals surface area contributed by atoms with Crippen LogP contribution >= 0.6 is 11.6 Å². The summed E-state index contributed by atoms with van der Waals surface area (Å²) in [5.74, 6) is 0.102. The van der Waals surface area contributed by atoms with Crippen LogP contribution in [-0.2, 0) is 0 Å². The van der Waals surface area contributed by atoms with Crippen LogP contribution in [0.3, 0.4) is 0 Å². The van der Waals surface area contributed by atoms with Crippen molar-refractivity contribution in [1.29, 1.82) is 0 Å². The fourth-order valence-electron chi connectivity index (χ4n) is 1.66. The van der Waals surface area contributed by atoms with Crippen molar-refractivity contribution in [3.05, 3.63) is 28.5 Å². The van der Waals surface area contributed by atoms with Gasteiger partial charge in [-0.1, -0.05) is 25.4 Å². The minimum Gasteiger partial charge on any atom is -0.396 e. The molecule has 1 rings (SSSR count). The Hall–Kier alpha value is -1.13. The second kappa shape index (κ2) is 8.12. The van der Waals surface area contributed by atoms with E-state index in [9.17, 15) is 4.79 Å². The first-order valence-electron chi connectivity index (χ1n) is 6.61. The molecule has 106 valence electrons. The van der Waals surface area contributed by atoms with E-state index in [0.29, 0.717) is 17.3 Å². The van der Waals surface area contributed by atoms with Gasteiger partial charge in [0.1, 0.15) is 5.15 Å². The molecule has 0 saturated carbocycles. The number of carbonyl (C=O) groups excluding carboxylic acids is 1. The summed E-state index contributed by atoms with van der Waals surface area (Å²) in [6, 6.07) is 3.36. The number of nitrogens with zero attached hydrogens (tertiary/aromatic N) is 1. The summed E-state index contributed by atoms with van der Waals surface area (Å²) in [7, 11) is 0. The summed E-state index contributed by atoms with van der Waals surface area (Å²) in [4.78, 5) is 16.2. The van der Waals surface area contributed by atoms with Gasteiger partial charge < -0.3 is 10.4 Å². The van der Waals surface area contributed by atoms with Gasteiger partial charge in [-0.25, -0.2) is 4.98 Å². The largest absolute Gasteiger partial charge is 0.396 e. The van der Waals surface area contributed by atoms with Gasteiger partial charge in [0.25, 0.3) is 5.91 Å². The molecule has 0 bridgehead atoms. The van der Waals surface area contributed by atoms with E-state index in [1.807, 2.05) is 13.8 Å². The third-order valence-corrected chi connectivity index (χ3v) is 2.98. The maximum absolute atomic E-state index is 12.0. The lowest BCUT2D eigenvalue weighted by molar-refractivity contribution is 0.0952. The zero-order valence-corrected chi connectivity index (χ0v) is 12.2. The second-order valence-electron chi connectivity index (χ2n) is 4.80. The van der Waals surface area contributed by atoms with Crippen LogP contribution in [0.15, 0.2) is 12.1 Å². The fourth-order valence-corrected chi connectivity index (χ4v) is 1.88. The van der Waals surface area contributed by atoms with Crippen molar-refractivity contribution in [2.75, 3.05) is 13.2 Å². The van der Waals surface area contributed by atoms with E-state index in [4.69, 9.17) is 16.7 Å². The first kappa shape index (κ1) is 15.9. The number of aliphatic hydroxyl groups is 1. The molecule has 1 amide bonds. The van der Waals surface area contributed by atoms with Gasteiger partial charge in [-0.15, -0.1) is 0 Å². The molecule has 2 N–H and O–H groups in total. The number of nitrogens with one attached hydrogen (secondary N) is 1. The fraction of sp³-hybridized carbons (Fsp3) is 0.571. The van der Waals surface area contributed by atoms with Crippen molar-refractivity contribution in [2.45, 2.75) is 39.0 Å². The van der Waals surface area contributed by atoms with E-state index in [0.717, 1.165) is 25.0 Å². The molecule has 0 aliphatic carbocycles. The predicted molar refractivity (Wildman–Crippen MR) is 76.6 cm³/mol. The van der Waals surface area contributed by atoms with Gasteiger partial charge in [0.05, 0.1) is 0 Å². The molecule has 19 heavy (non-hydrogen) atoms. The predicted octanol–water partition coefficient (Wildman–Crippen LogP) is 2.75. The lowest BCUT2D eigenvalue weighted by Gasteiger charge is -2.09. The van der Waals surface area contributed by atoms with Crippen LogP contribution in [0.1, 0.15) is 55.1 Å². The summed E-state index contributed by atoms with van der Waals surface area (Å²) >= 11 is 5.92. The molecule has 5 heteroatoms. The van der Waals surface area contributed by atoms with Crippen LogP contribution < -0.4 is 5.32 Å². The minimum atomic E-state index is -0.129. The summed E-state index contributed by atoms with van der Waals surface area (Å²) in [5, 5.41) is 11.8. The number of carbonyl (C=O) groups is 1. The van der Waals surface area contributed by atoms with Crippen molar-refractivity contribution >= 4 is 17.5 Å². The molecule has 0 spiro atoms. The number of halogens is 1. The van der Waals surface area contributed by atoms with Crippen LogP contribution in [0.4, 0.5) is 0 Å².